The summed E-state index contributed by atoms with van der Waals surface area (Å²) in [4.78, 5) is 11.5. The Balaban J connectivity index is 1.90. The molecule has 25 heavy (non-hydrogen) atoms. The Hall–Kier alpha value is -1.77. The van der Waals surface area contributed by atoms with Crippen LogP contribution in [0.15, 0.2) is 24.3 Å². The van der Waals surface area contributed by atoms with Gasteiger partial charge in [-0.3, -0.25) is 9.52 Å². The molecule has 1 aromatic rings. The number of nitrogens with one attached hydrogen (secondary N) is 2. The lowest BCUT2D eigenvalue weighted by atomic mass is 10.0. The van der Waals surface area contributed by atoms with Crippen LogP contribution in [0, 0.1) is 0 Å². The van der Waals surface area contributed by atoms with E-state index < -0.39 is 33.9 Å². The second kappa shape index (κ2) is 8.07. The van der Waals surface area contributed by atoms with Gasteiger partial charge in [0.25, 0.3) is 0 Å². The van der Waals surface area contributed by atoms with Crippen molar-refractivity contribution in [2.45, 2.75) is 50.0 Å². The second-order valence-corrected chi connectivity index (χ2v) is 8.13. The van der Waals surface area contributed by atoms with Crippen molar-refractivity contribution >= 4 is 21.6 Å². The predicted molar refractivity (Wildman–Crippen MR) is 88.6 cm³/mol. The third-order valence-electron chi connectivity index (χ3n) is 4.06. The number of anilines is 1. The first-order valence-corrected chi connectivity index (χ1v) is 9.64. The third kappa shape index (κ3) is 6.56. The van der Waals surface area contributed by atoms with Crippen LogP contribution in [0.2, 0.25) is 0 Å². The summed E-state index contributed by atoms with van der Waals surface area (Å²) in [7, 11) is -3.45. The molecule has 1 amide bonds. The first-order chi connectivity index (χ1) is 11.7. The van der Waals surface area contributed by atoms with E-state index in [1.165, 1.54) is 24.3 Å². The molecular formula is C16H21F3N2O3S. The van der Waals surface area contributed by atoms with Gasteiger partial charge in [0.2, 0.25) is 15.9 Å². The van der Waals surface area contributed by atoms with E-state index in [1.807, 2.05) is 0 Å². The smallest absolute Gasteiger partial charge is 0.347 e. The molecule has 0 atom stereocenters. The van der Waals surface area contributed by atoms with Gasteiger partial charge in [-0.05, 0) is 30.5 Å². The quantitative estimate of drug-likeness (QED) is 0.799. The summed E-state index contributed by atoms with van der Waals surface area (Å²) in [5.41, 5.74) is 0.880. The summed E-state index contributed by atoms with van der Waals surface area (Å²) in [6, 6.07) is 6.05. The fourth-order valence-electron chi connectivity index (χ4n) is 2.76. The molecular weight excluding hydrogens is 357 g/mol. The average molecular weight is 378 g/mol. The summed E-state index contributed by atoms with van der Waals surface area (Å²) < 4.78 is 63.3. The Bertz CT molecular complexity index is 682. The van der Waals surface area contributed by atoms with Gasteiger partial charge in [-0.25, -0.2) is 8.42 Å². The molecule has 1 fully saturated rings. The van der Waals surface area contributed by atoms with Gasteiger partial charge in [-0.15, -0.1) is 0 Å². The van der Waals surface area contributed by atoms with E-state index in [0.717, 1.165) is 19.3 Å². The summed E-state index contributed by atoms with van der Waals surface area (Å²) in [6.07, 6.45) is -0.505. The van der Waals surface area contributed by atoms with Crippen LogP contribution in [0.3, 0.4) is 0 Å². The van der Waals surface area contributed by atoms with Gasteiger partial charge >= 0.3 is 6.18 Å². The van der Waals surface area contributed by atoms with E-state index in [2.05, 4.69) is 4.72 Å². The third-order valence-corrected chi connectivity index (χ3v) is 5.93. The van der Waals surface area contributed by atoms with Crippen molar-refractivity contribution in [1.82, 2.24) is 5.32 Å². The van der Waals surface area contributed by atoms with Crippen LogP contribution in [-0.4, -0.2) is 32.3 Å². The van der Waals surface area contributed by atoms with Crippen LogP contribution in [0.25, 0.3) is 0 Å². The van der Waals surface area contributed by atoms with E-state index in [0.29, 0.717) is 24.1 Å². The molecule has 1 saturated carbocycles. The highest BCUT2D eigenvalue weighted by molar-refractivity contribution is 7.93. The van der Waals surface area contributed by atoms with Gasteiger partial charge in [0, 0.05) is 5.69 Å². The molecule has 0 spiro atoms. The van der Waals surface area contributed by atoms with E-state index in [-0.39, 0.29) is 6.42 Å². The number of alkyl halides is 3. The maximum absolute atomic E-state index is 12.3. The molecule has 0 bridgehead atoms. The number of halogens is 3. The molecule has 0 saturated heterocycles. The zero-order valence-corrected chi connectivity index (χ0v) is 14.4. The Morgan fingerprint density at radius 1 is 1.08 bits per heavy atom. The molecule has 9 heteroatoms. The Morgan fingerprint density at radius 2 is 1.68 bits per heavy atom. The summed E-state index contributed by atoms with van der Waals surface area (Å²) in [5.74, 6) is -0.743. The first-order valence-electron chi connectivity index (χ1n) is 8.10. The van der Waals surface area contributed by atoms with Crippen LogP contribution < -0.4 is 10.0 Å². The number of hydrogen-bond donors (Lipinski definition) is 2. The normalized spacial score (nSPS) is 16.4. The molecule has 140 valence electrons. The van der Waals surface area contributed by atoms with Crippen molar-refractivity contribution in [3.8, 4) is 0 Å². The van der Waals surface area contributed by atoms with E-state index in [4.69, 9.17) is 0 Å². The predicted octanol–water partition coefficient (Wildman–Crippen LogP) is 2.98. The summed E-state index contributed by atoms with van der Waals surface area (Å²) in [6.45, 7) is -1.37. The molecule has 0 heterocycles. The largest absolute Gasteiger partial charge is 0.405 e. The van der Waals surface area contributed by atoms with Gasteiger partial charge < -0.3 is 5.32 Å². The minimum Gasteiger partial charge on any atom is -0.347 e. The molecule has 1 aliphatic rings. The number of amides is 1. The van der Waals surface area contributed by atoms with E-state index >= 15 is 0 Å². The molecule has 2 N–H and O–H groups in total. The molecule has 0 aromatic heterocycles. The average Bonchev–Trinajstić information content (AvgIpc) is 2.55. The van der Waals surface area contributed by atoms with Crippen molar-refractivity contribution in [1.29, 1.82) is 0 Å². The Kier molecular flexibility index (Phi) is 6.31. The fourth-order valence-corrected chi connectivity index (χ4v) is 4.35. The van der Waals surface area contributed by atoms with Crippen LogP contribution in [-0.2, 0) is 21.2 Å². The minimum absolute atomic E-state index is 0.203. The highest BCUT2D eigenvalue weighted by atomic mass is 32.2. The van der Waals surface area contributed by atoms with Crippen molar-refractivity contribution < 1.29 is 26.4 Å². The zero-order valence-electron chi connectivity index (χ0n) is 13.6. The molecule has 1 aliphatic carbocycles. The van der Waals surface area contributed by atoms with Crippen LogP contribution in [0.4, 0.5) is 18.9 Å². The van der Waals surface area contributed by atoms with Crippen molar-refractivity contribution in [3.63, 3.8) is 0 Å². The topological polar surface area (TPSA) is 75.3 Å². The highest BCUT2D eigenvalue weighted by Gasteiger charge is 2.28. The highest BCUT2D eigenvalue weighted by Crippen LogP contribution is 2.25. The molecule has 0 aliphatic heterocycles. The van der Waals surface area contributed by atoms with Gasteiger partial charge in [-0.2, -0.15) is 13.2 Å². The van der Waals surface area contributed by atoms with Crippen LogP contribution in [0.5, 0.6) is 0 Å². The fraction of sp³-hybridized carbons (Fsp3) is 0.562. The number of sulfonamides is 1. The zero-order chi connectivity index (χ0) is 18.5. The van der Waals surface area contributed by atoms with Gasteiger partial charge in [0.05, 0.1) is 11.7 Å². The molecule has 2 rings (SSSR count). The minimum atomic E-state index is -4.45. The van der Waals surface area contributed by atoms with Crippen molar-refractivity contribution in [3.05, 3.63) is 29.8 Å². The molecule has 1 aromatic carbocycles. The number of carbonyl (C=O) groups is 1. The molecule has 5 nitrogen and oxygen atoms in total. The summed E-state index contributed by atoms with van der Waals surface area (Å²) >= 11 is 0. The maximum atomic E-state index is 12.3. The molecule has 0 radical (unpaired) electrons. The van der Waals surface area contributed by atoms with Gasteiger partial charge in [0.1, 0.15) is 6.54 Å². The van der Waals surface area contributed by atoms with Gasteiger partial charge in [0.15, 0.2) is 0 Å². The maximum Gasteiger partial charge on any atom is 0.405 e. The lowest BCUT2D eigenvalue weighted by molar-refractivity contribution is -0.138. The van der Waals surface area contributed by atoms with Gasteiger partial charge in [-0.1, -0.05) is 31.4 Å². The van der Waals surface area contributed by atoms with E-state index in [1.54, 1.807) is 5.32 Å². The Morgan fingerprint density at radius 3 is 2.24 bits per heavy atom. The monoisotopic (exact) mass is 378 g/mol. The van der Waals surface area contributed by atoms with Crippen LogP contribution in [0.1, 0.15) is 37.7 Å². The van der Waals surface area contributed by atoms with Crippen LogP contribution >= 0.6 is 0 Å². The van der Waals surface area contributed by atoms with Crippen molar-refractivity contribution in [2.24, 2.45) is 0 Å². The van der Waals surface area contributed by atoms with E-state index in [9.17, 15) is 26.4 Å². The second-order valence-electron chi connectivity index (χ2n) is 6.17. The summed E-state index contributed by atoms with van der Waals surface area (Å²) in [5, 5.41) is 1.40. The lowest BCUT2D eigenvalue weighted by Crippen LogP contribution is -2.34. The number of hydrogen-bond acceptors (Lipinski definition) is 3. The standard InChI is InChI=1S/C16H21F3N2O3S/c17-16(18,19)11-20-15(22)10-12-6-8-13(9-7-12)21-25(23,24)14-4-2-1-3-5-14/h6-9,14,21H,1-5,10-11H2,(H,20,22). The number of carbonyl (C=O) groups excluding carboxylic acids is 1. The number of rotatable bonds is 6. The molecule has 0 unspecified atom stereocenters. The Labute approximate surface area is 145 Å². The van der Waals surface area contributed by atoms with Crippen molar-refractivity contribution in [2.75, 3.05) is 11.3 Å². The lowest BCUT2D eigenvalue weighted by Gasteiger charge is -2.22. The number of benzene rings is 1. The first kappa shape index (κ1) is 19.6. The SMILES string of the molecule is O=C(Cc1ccc(NS(=O)(=O)C2CCCCC2)cc1)NCC(F)(F)F.